The van der Waals surface area contributed by atoms with E-state index in [0.29, 0.717) is 24.5 Å². The van der Waals surface area contributed by atoms with Crippen LogP contribution in [-0.4, -0.2) is 60.0 Å². The van der Waals surface area contributed by atoms with Crippen LogP contribution in [0.5, 0.6) is 5.75 Å². The molecule has 8 heteroatoms. The van der Waals surface area contributed by atoms with Crippen LogP contribution < -0.4 is 4.74 Å². The third-order valence-corrected chi connectivity index (χ3v) is 5.36. The van der Waals surface area contributed by atoms with Gasteiger partial charge in [0, 0.05) is 25.7 Å². The highest BCUT2D eigenvalue weighted by atomic mass is 32.1. The molecule has 1 aliphatic heterocycles. The Hall–Kier alpha value is -3.00. The lowest BCUT2D eigenvalue weighted by Gasteiger charge is -2.31. The minimum atomic E-state index is -0.433. The normalized spacial score (nSPS) is 14.0. The molecule has 0 saturated carbocycles. The molecule has 2 rings (SSSR count). The summed E-state index contributed by atoms with van der Waals surface area (Å²) in [6.07, 6.45) is 6.18. The maximum atomic E-state index is 12.6. The number of thiocarbonyl (C=S) groups is 1. The first-order chi connectivity index (χ1) is 14.8. The lowest BCUT2D eigenvalue weighted by atomic mass is 10.0. The van der Waals surface area contributed by atoms with Crippen LogP contribution in [0.4, 0.5) is 0 Å². The number of benzene rings is 1. The molecule has 166 valence electrons. The summed E-state index contributed by atoms with van der Waals surface area (Å²) in [4.78, 5) is 38.7. The third-order valence-electron chi connectivity index (χ3n) is 4.82. The molecule has 2 amide bonds. The number of ether oxygens (including phenoxy) is 2. The molecule has 0 radical (unpaired) electrons. The number of amides is 2. The second-order valence-corrected chi connectivity index (χ2v) is 7.61. The fraction of sp³-hybridized carbons (Fsp3) is 0.391. The second kappa shape index (κ2) is 11.4. The van der Waals surface area contributed by atoms with Crippen LogP contribution in [0.3, 0.4) is 0 Å². The molecule has 1 heterocycles. The predicted octanol–water partition coefficient (Wildman–Crippen LogP) is 3.26. The van der Waals surface area contributed by atoms with E-state index in [1.165, 1.54) is 9.80 Å². The van der Waals surface area contributed by atoms with Crippen LogP contribution in [0.25, 0.3) is 6.08 Å². The molecule has 1 saturated heterocycles. The Bertz CT molecular complexity index is 883. The summed E-state index contributed by atoms with van der Waals surface area (Å²) in [6.45, 7) is 6.17. The van der Waals surface area contributed by atoms with Crippen LogP contribution in [0.1, 0.15) is 36.8 Å². The van der Waals surface area contributed by atoms with E-state index >= 15 is 0 Å². The number of rotatable bonds is 10. The summed E-state index contributed by atoms with van der Waals surface area (Å²) in [5.41, 5.74) is 1.70. The van der Waals surface area contributed by atoms with E-state index in [-0.39, 0.29) is 10.7 Å². The Morgan fingerprint density at radius 2 is 1.68 bits per heavy atom. The minimum absolute atomic E-state index is 0.0446. The summed E-state index contributed by atoms with van der Waals surface area (Å²) in [6, 6.07) is 5.64. The first kappa shape index (κ1) is 24.3. The van der Waals surface area contributed by atoms with Crippen molar-refractivity contribution >= 4 is 41.2 Å². The largest absolute Gasteiger partial charge is 0.493 e. The summed E-state index contributed by atoms with van der Waals surface area (Å²) >= 11 is 5.13. The van der Waals surface area contributed by atoms with Crippen LogP contribution in [0.2, 0.25) is 0 Å². The zero-order valence-electron chi connectivity index (χ0n) is 18.2. The Balaban J connectivity index is 1.98. The molecule has 31 heavy (non-hydrogen) atoms. The van der Waals surface area contributed by atoms with Crippen molar-refractivity contribution in [3.8, 4) is 5.75 Å². The predicted molar refractivity (Wildman–Crippen MR) is 122 cm³/mol. The topological polar surface area (TPSA) is 76.2 Å². The number of hydrogen-bond acceptors (Lipinski definition) is 6. The maximum absolute atomic E-state index is 12.6. The van der Waals surface area contributed by atoms with Gasteiger partial charge in [0.15, 0.2) is 5.11 Å². The molecular formula is C23H28N2O5S. The smallest absolute Gasteiger partial charge is 0.330 e. The van der Waals surface area contributed by atoms with Gasteiger partial charge in [-0.05, 0) is 63.0 Å². The minimum Gasteiger partial charge on any atom is -0.493 e. The van der Waals surface area contributed by atoms with Gasteiger partial charge in [0.2, 0.25) is 0 Å². The first-order valence-electron chi connectivity index (χ1n) is 10.1. The average molecular weight is 445 g/mol. The summed E-state index contributed by atoms with van der Waals surface area (Å²) in [7, 11) is 3.10. The van der Waals surface area contributed by atoms with E-state index in [0.717, 1.165) is 37.3 Å². The van der Waals surface area contributed by atoms with Crippen molar-refractivity contribution < 1.29 is 23.9 Å². The molecule has 1 fully saturated rings. The van der Waals surface area contributed by atoms with Crippen molar-refractivity contribution in [1.29, 1.82) is 0 Å². The molecule has 0 spiro atoms. The number of hydrogen-bond donors (Lipinski definition) is 0. The highest BCUT2D eigenvalue weighted by molar-refractivity contribution is 7.80. The van der Waals surface area contributed by atoms with Crippen molar-refractivity contribution in [1.82, 2.24) is 9.80 Å². The fourth-order valence-corrected chi connectivity index (χ4v) is 3.18. The van der Waals surface area contributed by atoms with E-state index in [1.54, 1.807) is 20.2 Å². The van der Waals surface area contributed by atoms with Crippen LogP contribution in [-0.2, 0) is 19.1 Å². The highest BCUT2D eigenvalue weighted by Gasteiger charge is 2.35. The van der Waals surface area contributed by atoms with E-state index < -0.39 is 17.8 Å². The second-order valence-electron chi connectivity index (χ2n) is 7.24. The van der Waals surface area contributed by atoms with E-state index in [9.17, 15) is 14.4 Å². The molecule has 0 N–H and O–H groups in total. The number of aryl methyl sites for hydroxylation is 1. The molecule has 0 atom stereocenters. The monoisotopic (exact) mass is 444 g/mol. The standard InChI is InChI=1S/C23H28N2O5S/c1-5-20(26)30-13-9-7-6-8-12-29-19-11-10-16(2)14-17(19)15-18-21(27)24(3)23(31)25(4)22(18)28/h5,10-11,14-15H,1,6-9,12-13H2,2-4H3. The molecule has 0 unspecified atom stereocenters. The summed E-state index contributed by atoms with van der Waals surface area (Å²) in [5.74, 6) is -0.661. The van der Waals surface area contributed by atoms with Gasteiger partial charge in [-0.15, -0.1) is 0 Å². The van der Waals surface area contributed by atoms with Crippen molar-refractivity contribution in [2.75, 3.05) is 27.3 Å². The summed E-state index contributed by atoms with van der Waals surface area (Å²) in [5, 5.41) is 0.173. The molecule has 1 aromatic rings. The lowest BCUT2D eigenvalue weighted by Crippen LogP contribution is -2.52. The van der Waals surface area contributed by atoms with E-state index in [1.807, 2.05) is 25.1 Å². The number of likely N-dealkylation sites (N-methyl/N-ethyl adjacent to an activating group) is 2. The average Bonchev–Trinajstić information content (AvgIpc) is 2.76. The van der Waals surface area contributed by atoms with Gasteiger partial charge in [-0.2, -0.15) is 0 Å². The van der Waals surface area contributed by atoms with Gasteiger partial charge in [0.05, 0.1) is 13.2 Å². The number of carbonyl (C=O) groups excluding carboxylic acids is 3. The van der Waals surface area contributed by atoms with Gasteiger partial charge in [-0.1, -0.05) is 18.2 Å². The Labute approximate surface area is 188 Å². The zero-order chi connectivity index (χ0) is 23.0. The molecule has 0 aromatic heterocycles. The van der Waals surface area contributed by atoms with Gasteiger partial charge in [-0.25, -0.2) is 4.79 Å². The molecular weight excluding hydrogens is 416 g/mol. The van der Waals surface area contributed by atoms with Gasteiger partial charge < -0.3 is 9.47 Å². The molecule has 0 bridgehead atoms. The third kappa shape index (κ3) is 6.49. The highest BCUT2D eigenvalue weighted by Crippen LogP contribution is 2.26. The summed E-state index contributed by atoms with van der Waals surface area (Å²) < 4.78 is 10.9. The van der Waals surface area contributed by atoms with Crippen molar-refractivity contribution in [3.05, 3.63) is 47.6 Å². The molecule has 1 aromatic carbocycles. The molecule has 1 aliphatic rings. The van der Waals surface area contributed by atoms with Gasteiger partial charge in [0.1, 0.15) is 11.3 Å². The van der Waals surface area contributed by atoms with E-state index in [4.69, 9.17) is 21.7 Å². The quantitative estimate of drug-likeness (QED) is 0.181. The van der Waals surface area contributed by atoms with Crippen molar-refractivity contribution in [2.45, 2.75) is 32.6 Å². The SMILES string of the molecule is C=CC(=O)OCCCCCCOc1ccc(C)cc1C=C1C(=O)N(C)C(=S)N(C)C1=O. The molecule has 7 nitrogen and oxygen atoms in total. The van der Waals surface area contributed by atoms with Crippen LogP contribution in [0, 0.1) is 6.92 Å². The maximum Gasteiger partial charge on any atom is 0.330 e. The Morgan fingerprint density at radius 3 is 2.29 bits per heavy atom. The lowest BCUT2D eigenvalue weighted by molar-refractivity contribution is -0.138. The van der Waals surface area contributed by atoms with Crippen molar-refractivity contribution in [3.63, 3.8) is 0 Å². The number of esters is 1. The van der Waals surface area contributed by atoms with Gasteiger partial charge in [-0.3, -0.25) is 19.4 Å². The number of nitrogens with zero attached hydrogens (tertiary/aromatic N) is 2. The number of carbonyl (C=O) groups is 3. The zero-order valence-corrected chi connectivity index (χ0v) is 19.0. The number of unbranched alkanes of at least 4 members (excludes halogenated alkanes) is 3. The van der Waals surface area contributed by atoms with Gasteiger partial charge >= 0.3 is 5.97 Å². The fourth-order valence-electron chi connectivity index (χ4n) is 3.01. The van der Waals surface area contributed by atoms with E-state index in [2.05, 4.69) is 6.58 Å². The Morgan fingerprint density at radius 1 is 1.06 bits per heavy atom. The molecule has 0 aliphatic carbocycles. The van der Waals surface area contributed by atoms with Crippen molar-refractivity contribution in [2.24, 2.45) is 0 Å². The van der Waals surface area contributed by atoms with Crippen LogP contribution in [0.15, 0.2) is 36.4 Å². The Kier molecular flexibility index (Phi) is 8.93. The van der Waals surface area contributed by atoms with Gasteiger partial charge in [0.25, 0.3) is 11.8 Å². The van der Waals surface area contributed by atoms with Crippen LogP contribution >= 0.6 is 12.2 Å². The first-order valence-corrected chi connectivity index (χ1v) is 10.5.